The number of hydrogen-bond donors (Lipinski definition) is 3. The SMILES string of the molecule is O=P(O)(O)O.[AlH3].[Ge].[H-].[Li+]. The molecule has 0 heterocycles. The molecule has 44 valence electrons. The van der Waals surface area contributed by atoms with E-state index in [0.717, 1.165) is 0 Å². The summed E-state index contributed by atoms with van der Waals surface area (Å²) in [5, 5.41) is 0. The van der Waals surface area contributed by atoms with Gasteiger partial charge in [-0.15, -0.1) is 0 Å². The molecular weight excluding hydrogens is 202 g/mol. The Morgan fingerprint density at radius 2 is 1.25 bits per heavy atom. The Morgan fingerprint density at radius 1 is 1.25 bits per heavy atom. The summed E-state index contributed by atoms with van der Waals surface area (Å²) in [4.78, 5) is 21.6. The third-order valence-electron chi connectivity index (χ3n) is 0. The van der Waals surface area contributed by atoms with Gasteiger partial charge in [0.15, 0.2) is 17.4 Å². The Morgan fingerprint density at radius 3 is 1.25 bits per heavy atom. The minimum Gasteiger partial charge on any atom is -1.00 e. The van der Waals surface area contributed by atoms with Gasteiger partial charge in [0, 0.05) is 17.6 Å². The molecule has 0 aromatic carbocycles. The zero-order valence-corrected chi connectivity index (χ0v) is 6.69. The van der Waals surface area contributed by atoms with Crippen LogP contribution in [0.1, 0.15) is 1.43 Å². The molecular formula is H7AlGeLiO4P. The summed E-state index contributed by atoms with van der Waals surface area (Å²) in [6.45, 7) is 0. The van der Waals surface area contributed by atoms with E-state index in [-0.39, 0.29) is 55.2 Å². The summed E-state index contributed by atoms with van der Waals surface area (Å²) in [6, 6.07) is 0. The fourth-order valence-electron chi connectivity index (χ4n) is 0. The van der Waals surface area contributed by atoms with Crippen molar-refractivity contribution in [1.29, 1.82) is 0 Å². The first-order valence-electron chi connectivity index (χ1n) is 0.783. The standard InChI is InChI=1S/Al.Ge.Li.H3O4P.4H/c;;;1-5(2,3)4;;;;/h;;;(H3,1,2,3,4);;;;/q;;+1;;;;;-1. The van der Waals surface area contributed by atoms with Crippen LogP contribution in [-0.2, 0) is 4.57 Å². The van der Waals surface area contributed by atoms with Crippen LogP contribution < -0.4 is 18.9 Å². The molecule has 0 aliphatic carbocycles. The molecule has 0 fully saturated rings. The number of phosphoric acid groups is 1. The Bertz CT molecular complexity index is 66.7. The normalized spacial score (nSPS) is 7.38. The fraction of sp³-hybridized carbons (Fsp3) is 0. The van der Waals surface area contributed by atoms with Crippen LogP contribution in [0.25, 0.3) is 0 Å². The van der Waals surface area contributed by atoms with Crippen LogP contribution in [-0.4, -0.2) is 49.6 Å². The second-order valence-corrected chi connectivity index (χ2v) is 1.54. The van der Waals surface area contributed by atoms with Gasteiger partial charge in [-0.25, -0.2) is 4.57 Å². The largest absolute Gasteiger partial charge is 1.00 e. The van der Waals surface area contributed by atoms with E-state index in [2.05, 4.69) is 0 Å². The molecule has 0 amide bonds. The predicted molar refractivity (Wildman–Crippen MR) is 31.1 cm³/mol. The first kappa shape index (κ1) is 22.6. The zero-order chi connectivity index (χ0) is 4.50. The van der Waals surface area contributed by atoms with Gasteiger partial charge in [0.2, 0.25) is 0 Å². The first-order chi connectivity index (χ1) is 2.00. The molecule has 0 bridgehead atoms. The molecule has 0 aromatic heterocycles. The summed E-state index contributed by atoms with van der Waals surface area (Å²) in [6.07, 6.45) is 0. The molecule has 0 aliphatic rings. The van der Waals surface area contributed by atoms with Crippen LogP contribution in [0, 0.1) is 0 Å². The Labute approximate surface area is 82.1 Å². The van der Waals surface area contributed by atoms with Gasteiger partial charge in [0.1, 0.15) is 0 Å². The van der Waals surface area contributed by atoms with Gasteiger partial charge >= 0.3 is 26.7 Å². The molecule has 4 radical (unpaired) electrons. The van der Waals surface area contributed by atoms with Crippen LogP contribution in [0.5, 0.6) is 0 Å². The topological polar surface area (TPSA) is 77.8 Å². The van der Waals surface area contributed by atoms with Gasteiger partial charge < -0.3 is 16.1 Å². The molecule has 0 unspecified atom stereocenters. The monoisotopic (exact) mass is 210 g/mol. The van der Waals surface area contributed by atoms with Crippen LogP contribution in [0.2, 0.25) is 0 Å². The van der Waals surface area contributed by atoms with Crippen molar-refractivity contribution in [2.45, 2.75) is 0 Å². The van der Waals surface area contributed by atoms with Crippen molar-refractivity contribution in [3.05, 3.63) is 0 Å². The van der Waals surface area contributed by atoms with E-state index in [4.69, 9.17) is 19.2 Å². The van der Waals surface area contributed by atoms with Gasteiger partial charge in [-0.3, -0.25) is 0 Å². The third-order valence-corrected chi connectivity index (χ3v) is 0. The minimum atomic E-state index is -4.64. The van der Waals surface area contributed by atoms with E-state index in [1.165, 1.54) is 0 Å². The molecule has 0 aliphatic heterocycles. The zero-order valence-electron chi connectivity index (χ0n) is 4.70. The van der Waals surface area contributed by atoms with E-state index in [1.807, 2.05) is 0 Å². The maximum Gasteiger partial charge on any atom is 1.00 e. The summed E-state index contributed by atoms with van der Waals surface area (Å²) in [5.74, 6) is 0. The smallest absolute Gasteiger partial charge is 1.00 e. The first-order valence-corrected chi connectivity index (χ1v) is 2.35. The summed E-state index contributed by atoms with van der Waals surface area (Å²) in [7, 11) is -4.64. The van der Waals surface area contributed by atoms with E-state index in [0.29, 0.717) is 0 Å². The summed E-state index contributed by atoms with van der Waals surface area (Å²) in [5.41, 5.74) is 0. The van der Waals surface area contributed by atoms with E-state index in [9.17, 15) is 0 Å². The Balaban J connectivity index is -0.0000000133. The Hall–Kier alpha value is 1.78. The maximum absolute atomic E-state index is 8.88. The fourth-order valence-corrected chi connectivity index (χ4v) is 0. The molecule has 0 spiro atoms. The molecule has 0 atom stereocenters. The predicted octanol–water partition coefficient (Wildman–Crippen LogP) is -5.38. The molecule has 8 heavy (non-hydrogen) atoms. The van der Waals surface area contributed by atoms with Gasteiger partial charge in [-0.1, -0.05) is 0 Å². The van der Waals surface area contributed by atoms with Gasteiger partial charge in [0.05, 0.1) is 0 Å². The van der Waals surface area contributed by atoms with Gasteiger partial charge in [-0.05, 0) is 0 Å². The molecule has 4 nitrogen and oxygen atoms in total. The molecule has 3 N–H and O–H groups in total. The molecule has 0 saturated carbocycles. The van der Waals surface area contributed by atoms with Gasteiger partial charge in [0.25, 0.3) is 0 Å². The van der Waals surface area contributed by atoms with E-state index < -0.39 is 7.82 Å². The third kappa shape index (κ3) is 113. The number of hydrogen-bond acceptors (Lipinski definition) is 1. The van der Waals surface area contributed by atoms with Crippen LogP contribution in [0.15, 0.2) is 0 Å². The van der Waals surface area contributed by atoms with E-state index in [1.54, 1.807) is 0 Å². The summed E-state index contributed by atoms with van der Waals surface area (Å²) >= 11 is 0. The number of rotatable bonds is 0. The average molecular weight is 209 g/mol. The molecule has 0 aromatic rings. The van der Waals surface area contributed by atoms with Crippen molar-refractivity contribution >= 4 is 42.8 Å². The Kier molecular flexibility index (Phi) is 24.8. The second kappa shape index (κ2) is 8.78. The van der Waals surface area contributed by atoms with Crippen molar-refractivity contribution in [2.24, 2.45) is 0 Å². The second-order valence-electron chi connectivity index (χ2n) is 0.513. The average Bonchev–Trinajstić information content (AvgIpc) is 0.722. The molecule has 0 rings (SSSR count). The van der Waals surface area contributed by atoms with E-state index >= 15 is 0 Å². The maximum atomic E-state index is 8.88. The van der Waals surface area contributed by atoms with Crippen LogP contribution in [0.3, 0.4) is 0 Å². The molecule has 0 saturated heterocycles. The quantitative estimate of drug-likeness (QED) is 0.274. The van der Waals surface area contributed by atoms with Crippen molar-refractivity contribution in [1.82, 2.24) is 0 Å². The van der Waals surface area contributed by atoms with Crippen LogP contribution in [0.4, 0.5) is 0 Å². The van der Waals surface area contributed by atoms with Crippen molar-refractivity contribution < 1.29 is 39.5 Å². The van der Waals surface area contributed by atoms with Crippen molar-refractivity contribution in [2.75, 3.05) is 0 Å². The summed E-state index contributed by atoms with van der Waals surface area (Å²) < 4.78 is 8.88. The van der Waals surface area contributed by atoms with Crippen LogP contribution >= 0.6 is 7.82 Å². The van der Waals surface area contributed by atoms with Crippen molar-refractivity contribution in [3.63, 3.8) is 0 Å². The molecule has 8 heteroatoms. The van der Waals surface area contributed by atoms with Crippen molar-refractivity contribution in [3.8, 4) is 0 Å². The minimum absolute atomic E-state index is 0. The van der Waals surface area contributed by atoms with Gasteiger partial charge in [-0.2, -0.15) is 0 Å².